The van der Waals surface area contributed by atoms with Gasteiger partial charge in [0.15, 0.2) is 0 Å². The molecule has 0 spiro atoms. The van der Waals surface area contributed by atoms with Gasteiger partial charge in [0.05, 0.1) is 12.5 Å². The van der Waals surface area contributed by atoms with Gasteiger partial charge in [-0.2, -0.15) is 9.59 Å². The van der Waals surface area contributed by atoms with Crippen molar-refractivity contribution in [2.45, 2.75) is 64.8 Å². The normalized spacial score (nSPS) is 19.1. The zero-order valence-corrected chi connectivity index (χ0v) is 25.1. The van der Waals surface area contributed by atoms with Crippen molar-refractivity contribution >= 4 is 29.3 Å². The van der Waals surface area contributed by atoms with E-state index in [1.807, 2.05) is 6.92 Å². The Morgan fingerprint density at radius 1 is 0.974 bits per heavy atom. The van der Waals surface area contributed by atoms with Crippen LogP contribution in [0.3, 0.4) is 0 Å². The summed E-state index contributed by atoms with van der Waals surface area (Å²) in [5.74, 6) is 0.195. The first kappa shape index (κ1) is 35.0. The fourth-order valence-electron chi connectivity index (χ4n) is 4.21. The summed E-state index contributed by atoms with van der Waals surface area (Å²) in [5, 5.41) is 3.29. The molecule has 0 aromatic heterocycles. The van der Waals surface area contributed by atoms with Crippen molar-refractivity contribution in [1.82, 2.24) is 0 Å². The molecule has 3 N–H and O–H groups in total. The Morgan fingerprint density at radius 2 is 1.53 bits per heavy atom. The minimum Gasteiger partial charge on any atom is -0.466 e. The summed E-state index contributed by atoms with van der Waals surface area (Å²) in [6, 6.07) is 12.0. The Kier molecular flexibility index (Phi) is 18.5. The number of nitrogen functional groups attached to an aromatic ring is 1. The van der Waals surface area contributed by atoms with E-state index in [0.717, 1.165) is 50.6 Å². The van der Waals surface area contributed by atoms with E-state index in [0.29, 0.717) is 24.0 Å². The van der Waals surface area contributed by atoms with Crippen LogP contribution < -0.4 is 11.1 Å². The smallest absolute Gasteiger partial charge is 0.373 e. The molecule has 0 amide bonds. The molecule has 0 heterocycles. The van der Waals surface area contributed by atoms with Gasteiger partial charge >= 0.3 is 12.1 Å². The number of Topliss-reactive ketones (excluding diaryl/α,β-unsaturated/α-hetero) is 1. The molecule has 4 rings (SSSR count). The molecule has 2 aliphatic carbocycles. The molecule has 3 unspecified atom stereocenters. The molecule has 2 aromatic rings. The number of ketones is 1. The van der Waals surface area contributed by atoms with E-state index in [2.05, 4.69) is 12.2 Å². The summed E-state index contributed by atoms with van der Waals surface area (Å²) in [6.45, 7) is 4.32. The molecule has 2 aliphatic rings. The standard InChI is InChI=1S/C14H18FNO2.C7H12O.C6H6FN.CO2.Zn/c1-2-18-14(17)12-4-3-5-13(12)16-11-8-6-10(15)7-9-11;1-2-6-4-3-5-7(6)8;7-5-1-3-6(8)4-2-5;2-1-3;/h6-9,12-13,16H,2-5H2,1H3;6H,2-5H2,1H3;1-4H,8H2;;. The summed E-state index contributed by atoms with van der Waals surface area (Å²) < 4.78 is 29.9. The SMILES string of the molecule is CCC1CCCC1=O.CCOC(=O)C1CCCC1Nc1ccc(F)cc1.Nc1ccc(F)cc1.O=C=O.[Zn]. The molecule has 10 heteroatoms. The number of esters is 1. The van der Waals surface area contributed by atoms with Crippen molar-refractivity contribution in [3.8, 4) is 0 Å². The average molecular weight is 584 g/mol. The van der Waals surface area contributed by atoms with E-state index in [1.54, 1.807) is 12.1 Å². The first-order valence-corrected chi connectivity index (χ1v) is 12.5. The molecule has 204 valence electrons. The van der Waals surface area contributed by atoms with E-state index < -0.39 is 0 Å². The van der Waals surface area contributed by atoms with Crippen molar-refractivity contribution < 1.29 is 52.2 Å². The molecule has 0 saturated heterocycles. The van der Waals surface area contributed by atoms with E-state index >= 15 is 0 Å². The number of nitrogens with one attached hydrogen (secondary N) is 1. The van der Waals surface area contributed by atoms with Crippen molar-refractivity contribution in [1.29, 1.82) is 0 Å². The Hall–Kier alpha value is -2.96. The number of hydrogen-bond acceptors (Lipinski definition) is 7. The summed E-state index contributed by atoms with van der Waals surface area (Å²) in [5.41, 5.74) is 6.69. The minimum absolute atomic E-state index is 0. The van der Waals surface area contributed by atoms with Crippen LogP contribution >= 0.6 is 0 Å². The molecule has 0 aliphatic heterocycles. The van der Waals surface area contributed by atoms with Crippen LogP contribution in [0.15, 0.2) is 48.5 Å². The zero-order valence-electron chi connectivity index (χ0n) is 22.1. The van der Waals surface area contributed by atoms with Crippen LogP contribution in [0.2, 0.25) is 0 Å². The van der Waals surface area contributed by atoms with Crippen molar-refractivity contribution in [3.05, 3.63) is 60.2 Å². The second kappa shape index (κ2) is 20.1. The van der Waals surface area contributed by atoms with Gasteiger partial charge in [-0.1, -0.05) is 13.3 Å². The monoisotopic (exact) mass is 582 g/mol. The van der Waals surface area contributed by atoms with Crippen LogP contribution in [0.1, 0.15) is 58.8 Å². The summed E-state index contributed by atoms with van der Waals surface area (Å²) >= 11 is 0. The number of anilines is 2. The Bertz CT molecular complexity index is 963. The zero-order chi connectivity index (χ0) is 27.6. The Labute approximate surface area is 235 Å². The third-order valence-electron chi connectivity index (χ3n) is 6.10. The van der Waals surface area contributed by atoms with Crippen molar-refractivity contribution in [2.75, 3.05) is 17.7 Å². The maximum absolute atomic E-state index is 12.8. The Morgan fingerprint density at radius 3 is 1.95 bits per heavy atom. The predicted octanol–water partition coefficient (Wildman–Crippen LogP) is 5.56. The van der Waals surface area contributed by atoms with Crippen molar-refractivity contribution in [3.63, 3.8) is 0 Å². The van der Waals surface area contributed by atoms with Gasteiger partial charge in [0, 0.05) is 49.2 Å². The molecule has 0 radical (unpaired) electrons. The molecule has 2 aromatic carbocycles. The van der Waals surface area contributed by atoms with Crippen LogP contribution in [0.4, 0.5) is 20.2 Å². The number of halogens is 2. The number of benzene rings is 2. The number of rotatable bonds is 5. The second-order valence-electron chi connectivity index (χ2n) is 8.65. The fraction of sp³-hybridized carbons (Fsp3) is 0.464. The van der Waals surface area contributed by atoms with E-state index in [-0.39, 0.29) is 55.2 Å². The Balaban J connectivity index is 0.000000570. The molecule has 3 atom stereocenters. The average Bonchev–Trinajstić information content (AvgIpc) is 3.52. The molecular weight excluding hydrogens is 548 g/mol. The quantitative estimate of drug-likeness (QED) is 0.269. The largest absolute Gasteiger partial charge is 0.466 e. The number of carbonyl (C=O) groups excluding carboxylic acids is 4. The third-order valence-corrected chi connectivity index (χ3v) is 6.10. The van der Waals surface area contributed by atoms with Gasteiger partial charge in [-0.05, 0) is 87.6 Å². The predicted molar refractivity (Wildman–Crippen MR) is 136 cm³/mol. The maximum Gasteiger partial charge on any atom is 0.373 e. The first-order chi connectivity index (χ1) is 17.7. The van der Waals surface area contributed by atoms with Gasteiger partial charge in [0.25, 0.3) is 0 Å². The summed E-state index contributed by atoms with van der Waals surface area (Å²) in [4.78, 5) is 38.8. The van der Waals surface area contributed by atoms with Gasteiger partial charge in [0.2, 0.25) is 0 Å². The van der Waals surface area contributed by atoms with Crippen LogP contribution in [0.25, 0.3) is 0 Å². The molecular formula is C28H36F2N2O5Zn. The third kappa shape index (κ3) is 13.5. The van der Waals surface area contributed by atoms with Crippen molar-refractivity contribution in [2.24, 2.45) is 11.8 Å². The molecule has 0 bridgehead atoms. The number of hydrogen-bond donors (Lipinski definition) is 2. The second-order valence-corrected chi connectivity index (χ2v) is 8.65. The van der Waals surface area contributed by atoms with Gasteiger partial charge in [-0.25, -0.2) is 8.78 Å². The molecule has 2 fully saturated rings. The number of nitrogens with two attached hydrogens (primary N) is 1. The van der Waals surface area contributed by atoms with Gasteiger partial charge in [0.1, 0.15) is 17.4 Å². The molecule has 2 saturated carbocycles. The van der Waals surface area contributed by atoms with E-state index in [4.69, 9.17) is 20.1 Å². The number of ether oxygens (including phenoxy) is 1. The minimum atomic E-state index is -0.256. The van der Waals surface area contributed by atoms with Crippen LogP contribution in [-0.4, -0.2) is 30.6 Å². The summed E-state index contributed by atoms with van der Waals surface area (Å²) in [6.07, 6.45) is 7.25. The molecule has 7 nitrogen and oxygen atoms in total. The topological polar surface area (TPSA) is 116 Å². The molecule has 38 heavy (non-hydrogen) atoms. The van der Waals surface area contributed by atoms with Crippen LogP contribution in [-0.2, 0) is 43.4 Å². The van der Waals surface area contributed by atoms with Gasteiger partial charge in [-0.15, -0.1) is 0 Å². The van der Waals surface area contributed by atoms with Gasteiger partial charge < -0.3 is 15.8 Å². The first-order valence-electron chi connectivity index (χ1n) is 12.5. The van der Waals surface area contributed by atoms with Gasteiger partial charge in [-0.3, -0.25) is 9.59 Å². The fourth-order valence-corrected chi connectivity index (χ4v) is 4.21. The van der Waals surface area contributed by atoms with E-state index in [1.165, 1.54) is 36.4 Å². The summed E-state index contributed by atoms with van der Waals surface area (Å²) in [7, 11) is 0. The van der Waals surface area contributed by atoms with E-state index in [9.17, 15) is 18.4 Å². The van der Waals surface area contributed by atoms with Crippen LogP contribution in [0.5, 0.6) is 0 Å². The maximum atomic E-state index is 12.8. The van der Waals surface area contributed by atoms with Crippen LogP contribution in [0, 0.1) is 23.5 Å². The number of carbonyl (C=O) groups is 2.